The summed E-state index contributed by atoms with van der Waals surface area (Å²) in [6.07, 6.45) is -2.47. The number of carbonyl (C=O) groups excluding carboxylic acids is 1. The first-order valence-electron chi connectivity index (χ1n) is 4.55. The third kappa shape index (κ3) is 1.75. The summed E-state index contributed by atoms with van der Waals surface area (Å²) in [4.78, 5) is 11.5. The fourth-order valence-electron chi connectivity index (χ4n) is 1.59. The molecular weight excluding hydrogens is 255 g/mol. The minimum absolute atomic E-state index is 0.139. The molecule has 1 heterocycles. The summed E-state index contributed by atoms with van der Waals surface area (Å²) in [7, 11) is 0. The normalized spacial score (nSPS) is 21.9. The zero-order valence-corrected chi connectivity index (χ0v) is 9.27. The number of aliphatic hydroxyl groups excluding tert-OH is 1. The van der Waals surface area contributed by atoms with Crippen LogP contribution in [0.1, 0.15) is 11.7 Å². The van der Waals surface area contributed by atoms with E-state index in [4.69, 9.17) is 0 Å². The second kappa shape index (κ2) is 3.85. The van der Waals surface area contributed by atoms with Gasteiger partial charge in [0.15, 0.2) is 6.10 Å². The molecule has 0 saturated heterocycles. The molecule has 0 unspecified atom stereocenters. The molecule has 1 atom stereocenters. The molecule has 17 heavy (non-hydrogen) atoms. The van der Waals surface area contributed by atoms with E-state index in [9.17, 15) is 23.1 Å². The van der Waals surface area contributed by atoms with Gasteiger partial charge in [0.05, 0.1) is 5.69 Å². The van der Waals surface area contributed by atoms with Crippen molar-refractivity contribution in [3.63, 3.8) is 0 Å². The molecule has 92 valence electrons. The summed E-state index contributed by atoms with van der Waals surface area (Å²) in [6, 6.07) is 2.31. The number of aliphatic hydroxyl groups is 1. The number of alkyl halides is 2. The number of fused-ring (bicyclic) bond motifs is 1. The van der Waals surface area contributed by atoms with Crippen LogP contribution < -0.4 is 5.32 Å². The molecule has 1 aromatic rings. The minimum Gasteiger partial charge on any atom is -0.381 e. The molecule has 1 aliphatic heterocycles. The molecule has 2 rings (SSSR count). The largest absolute Gasteiger partial charge is 0.381 e. The lowest BCUT2D eigenvalue weighted by molar-refractivity contribution is -0.160. The maximum Gasteiger partial charge on any atom is 0.354 e. The van der Waals surface area contributed by atoms with Crippen LogP contribution in [0.5, 0.6) is 0 Å². The van der Waals surface area contributed by atoms with Crippen molar-refractivity contribution in [2.75, 3.05) is 5.32 Å². The van der Waals surface area contributed by atoms with E-state index in [-0.39, 0.29) is 5.69 Å². The van der Waals surface area contributed by atoms with E-state index in [1.807, 2.05) is 5.32 Å². The lowest BCUT2D eigenvalue weighted by Crippen LogP contribution is -2.44. The van der Waals surface area contributed by atoms with Crippen LogP contribution in [-0.2, 0) is 4.79 Å². The van der Waals surface area contributed by atoms with Gasteiger partial charge in [0, 0.05) is 10.5 Å². The molecule has 1 amide bonds. The Morgan fingerprint density at radius 3 is 2.71 bits per heavy atom. The molecular formula is C10H8F3NO2S. The summed E-state index contributed by atoms with van der Waals surface area (Å²) in [5.74, 6) is -3.16. The van der Waals surface area contributed by atoms with E-state index < -0.39 is 29.3 Å². The Balaban J connectivity index is 2.65. The highest BCUT2D eigenvalue weighted by Crippen LogP contribution is 2.42. The lowest BCUT2D eigenvalue weighted by Gasteiger charge is -2.29. The Bertz CT molecular complexity index is 519. The minimum atomic E-state index is -4.03. The van der Waals surface area contributed by atoms with Crippen LogP contribution in [0.25, 0.3) is 0 Å². The number of rotatable bonds is 1. The van der Waals surface area contributed by atoms with Gasteiger partial charge < -0.3 is 10.4 Å². The molecule has 0 aliphatic carbocycles. The smallest absolute Gasteiger partial charge is 0.354 e. The average molecular weight is 263 g/mol. The van der Waals surface area contributed by atoms with Crippen molar-refractivity contribution < 1.29 is 23.1 Å². The van der Waals surface area contributed by atoms with Gasteiger partial charge in [0.25, 0.3) is 5.91 Å². The fourth-order valence-corrected chi connectivity index (χ4v) is 2.01. The highest BCUT2D eigenvalue weighted by molar-refractivity contribution is 7.96. The maximum absolute atomic E-state index is 13.6. The first kappa shape index (κ1) is 12.1. The van der Waals surface area contributed by atoms with Gasteiger partial charge in [-0.2, -0.15) is 20.1 Å². The third-order valence-corrected chi connectivity index (χ3v) is 3.09. The van der Waals surface area contributed by atoms with Crippen LogP contribution in [0, 0.1) is 5.82 Å². The molecule has 0 bridgehead atoms. The summed E-state index contributed by atoms with van der Waals surface area (Å²) in [6.45, 7) is 0. The van der Waals surface area contributed by atoms with E-state index in [0.717, 1.165) is 6.07 Å². The number of halogens is 3. The summed E-state index contributed by atoms with van der Waals surface area (Å²) in [5.41, 5.74) is -0.735. The van der Waals surface area contributed by atoms with Crippen molar-refractivity contribution in [3.8, 4) is 0 Å². The first-order valence-corrected chi connectivity index (χ1v) is 5.63. The van der Waals surface area contributed by atoms with Gasteiger partial charge in [-0.3, -0.25) is 4.79 Å². The Labute approximate surface area is 98.2 Å². The molecule has 0 spiro atoms. The standard InChI is InChI=1S/C10H8F3NO2S/c1-17-4-2-5(11)7-6(3-4)14-9(16)10(12,13)8(7)15/h2-3,8,15,17H,1H2,(H,14,16)/t8-/m0/s1. The van der Waals surface area contributed by atoms with Crippen molar-refractivity contribution in [2.24, 2.45) is 0 Å². The van der Waals surface area contributed by atoms with Gasteiger partial charge in [-0.15, -0.1) is 0 Å². The van der Waals surface area contributed by atoms with Crippen LogP contribution in [0.3, 0.4) is 0 Å². The van der Waals surface area contributed by atoms with Crippen molar-refractivity contribution in [3.05, 3.63) is 23.5 Å². The molecule has 0 aromatic heterocycles. The number of carbonyl (C=O) groups is 1. The molecule has 1 aromatic carbocycles. The average Bonchev–Trinajstić information content (AvgIpc) is 2.26. The zero-order valence-electron chi connectivity index (χ0n) is 8.38. The van der Waals surface area contributed by atoms with Crippen LogP contribution in [0.2, 0.25) is 0 Å². The highest BCUT2D eigenvalue weighted by atomic mass is 32.1. The van der Waals surface area contributed by atoms with Crippen molar-refractivity contribution >= 4 is 28.8 Å². The van der Waals surface area contributed by atoms with Crippen LogP contribution in [0.15, 0.2) is 17.0 Å². The topological polar surface area (TPSA) is 49.3 Å². The van der Waals surface area contributed by atoms with Gasteiger partial charge in [0.2, 0.25) is 0 Å². The van der Waals surface area contributed by atoms with Gasteiger partial charge in [-0.25, -0.2) is 4.39 Å². The van der Waals surface area contributed by atoms with Gasteiger partial charge >= 0.3 is 5.92 Å². The SMILES string of the molecule is C=[SH]c1cc(F)c2c(c1)NC(=O)C(F)(F)[C@H]2O. The van der Waals surface area contributed by atoms with E-state index in [0.29, 0.717) is 16.2 Å². The Morgan fingerprint density at radius 1 is 1.47 bits per heavy atom. The second-order valence-electron chi connectivity index (χ2n) is 3.53. The summed E-state index contributed by atoms with van der Waals surface area (Å²) < 4.78 is 39.9. The Hall–Kier alpha value is -1.34. The second-order valence-corrected chi connectivity index (χ2v) is 4.36. The quantitative estimate of drug-likeness (QED) is 0.533. The fraction of sp³-hybridized carbons (Fsp3) is 0.200. The van der Waals surface area contributed by atoms with E-state index >= 15 is 0 Å². The van der Waals surface area contributed by atoms with Gasteiger partial charge in [-0.1, -0.05) is 5.87 Å². The van der Waals surface area contributed by atoms with E-state index in [2.05, 4.69) is 5.87 Å². The molecule has 3 nitrogen and oxygen atoms in total. The van der Waals surface area contributed by atoms with Gasteiger partial charge in [0.1, 0.15) is 5.82 Å². The molecule has 1 aliphatic rings. The molecule has 2 N–H and O–H groups in total. The summed E-state index contributed by atoms with van der Waals surface area (Å²) >= 11 is 0.478. The monoisotopic (exact) mass is 263 g/mol. The van der Waals surface area contributed by atoms with Crippen LogP contribution in [-0.4, -0.2) is 22.8 Å². The Kier molecular flexibility index (Phi) is 2.75. The maximum atomic E-state index is 13.6. The molecule has 0 saturated carbocycles. The number of benzene rings is 1. The first-order chi connectivity index (χ1) is 7.87. The van der Waals surface area contributed by atoms with Crippen LogP contribution >= 0.6 is 11.4 Å². The number of anilines is 1. The number of amides is 1. The summed E-state index contributed by atoms with van der Waals surface area (Å²) in [5, 5.41) is 11.2. The van der Waals surface area contributed by atoms with Crippen molar-refractivity contribution in [1.82, 2.24) is 0 Å². The lowest BCUT2D eigenvalue weighted by atomic mass is 9.96. The number of hydrogen-bond donors (Lipinski definition) is 3. The van der Waals surface area contributed by atoms with Crippen LogP contribution in [0.4, 0.5) is 18.9 Å². The number of nitrogens with one attached hydrogen (secondary N) is 1. The molecule has 7 heteroatoms. The zero-order chi connectivity index (χ0) is 12.8. The molecule has 0 radical (unpaired) electrons. The van der Waals surface area contributed by atoms with Gasteiger partial charge in [-0.05, 0) is 12.1 Å². The van der Waals surface area contributed by atoms with Crippen molar-refractivity contribution in [1.29, 1.82) is 0 Å². The van der Waals surface area contributed by atoms with E-state index in [1.54, 1.807) is 0 Å². The highest BCUT2D eigenvalue weighted by Gasteiger charge is 2.52. The third-order valence-electron chi connectivity index (χ3n) is 2.46. The number of hydrogen-bond acceptors (Lipinski definition) is 2. The van der Waals surface area contributed by atoms with E-state index in [1.165, 1.54) is 6.07 Å². The predicted molar refractivity (Wildman–Crippen MR) is 59.3 cm³/mol. The number of thiol groups is 1. The molecule has 0 fully saturated rings. The predicted octanol–water partition coefficient (Wildman–Crippen LogP) is 1.70. The Morgan fingerprint density at radius 2 is 2.12 bits per heavy atom. The van der Waals surface area contributed by atoms with Crippen molar-refractivity contribution in [2.45, 2.75) is 16.9 Å².